The molecule has 0 unspecified atom stereocenters. The topological polar surface area (TPSA) is 52.6 Å². The molecule has 2 heterocycles. The van der Waals surface area contributed by atoms with Crippen molar-refractivity contribution in [2.75, 3.05) is 13.1 Å². The molecule has 0 aliphatic carbocycles. The van der Waals surface area contributed by atoms with Gasteiger partial charge in [-0.05, 0) is 25.1 Å². The SMILES string of the molecule is O=C(c1cnccn1)N(C(=S)S)N(C(=S)S)N1CCCCC1. The summed E-state index contributed by atoms with van der Waals surface area (Å²) in [5.41, 5.74) is 0.158. The Balaban J connectivity index is 2.33. The monoisotopic (exact) mass is 373 g/mol. The van der Waals surface area contributed by atoms with Crippen LogP contribution in [-0.2, 0) is 0 Å². The molecule has 118 valence electrons. The number of thiol groups is 2. The smallest absolute Gasteiger partial charge is 0.265 e. The molecule has 22 heavy (non-hydrogen) atoms. The molecule has 0 radical (unpaired) electrons. The number of hydrogen-bond acceptors (Lipinski definition) is 6. The fourth-order valence-corrected chi connectivity index (χ4v) is 2.92. The van der Waals surface area contributed by atoms with Gasteiger partial charge < -0.3 is 0 Å². The number of thiocarbonyl (C=S) groups is 2. The maximum absolute atomic E-state index is 12.7. The molecule has 0 N–H and O–H groups in total. The second-order valence-electron chi connectivity index (χ2n) is 4.58. The molecule has 0 spiro atoms. The Morgan fingerprint density at radius 2 is 1.82 bits per heavy atom. The number of carbonyl (C=O) groups is 1. The van der Waals surface area contributed by atoms with Crippen LogP contribution in [0.5, 0.6) is 0 Å². The van der Waals surface area contributed by atoms with Crippen LogP contribution >= 0.6 is 49.7 Å². The van der Waals surface area contributed by atoms with Gasteiger partial charge in [-0.2, -0.15) is 15.1 Å². The normalized spacial score (nSPS) is 15.2. The second kappa shape index (κ2) is 8.16. The molecule has 2 rings (SSSR count). The molecule has 0 aromatic carbocycles. The zero-order chi connectivity index (χ0) is 16.1. The van der Waals surface area contributed by atoms with E-state index in [-0.39, 0.29) is 14.3 Å². The Morgan fingerprint density at radius 1 is 1.14 bits per heavy atom. The molecule has 1 saturated heterocycles. The summed E-state index contributed by atoms with van der Waals surface area (Å²) in [4.78, 5) is 20.6. The number of rotatable bonds is 2. The molecule has 0 saturated carbocycles. The third kappa shape index (κ3) is 4.13. The second-order valence-corrected chi connectivity index (χ2v) is 6.80. The van der Waals surface area contributed by atoms with E-state index >= 15 is 0 Å². The maximum atomic E-state index is 12.7. The number of carbonyl (C=O) groups excluding carboxylic acids is 1. The third-order valence-electron chi connectivity index (χ3n) is 3.12. The summed E-state index contributed by atoms with van der Waals surface area (Å²) in [6.07, 6.45) is 7.48. The third-order valence-corrected chi connectivity index (χ3v) is 3.82. The number of nitrogens with zero attached hydrogens (tertiary/aromatic N) is 5. The minimum absolute atomic E-state index is 0.0672. The summed E-state index contributed by atoms with van der Waals surface area (Å²) in [6, 6.07) is 0. The number of amides is 1. The average molecular weight is 374 g/mol. The van der Waals surface area contributed by atoms with Gasteiger partial charge in [0.25, 0.3) is 5.91 Å². The molecule has 1 fully saturated rings. The molecule has 1 aliphatic rings. The van der Waals surface area contributed by atoms with Gasteiger partial charge >= 0.3 is 0 Å². The highest BCUT2D eigenvalue weighted by Crippen LogP contribution is 2.19. The van der Waals surface area contributed by atoms with E-state index < -0.39 is 5.91 Å². The fraction of sp³-hybridized carbons (Fsp3) is 0.417. The molecular formula is C12H15N5OS4. The van der Waals surface area contributed by atoms with E-state index in [2.05, 4.69) is 35.2 Å². The van der Waals surface area contributed by atoms with Crippen LogP contribution in [0.2, 0.25) is 0 Å². The van der Waals surface area contributed by atoms with Gasteiger partial charge in [-0.3, -0.25) is 9.78 Å². The number of piperidine rings is 1. The van der Waals surface area contributed by atoms with E-state index in [1.165, 1.54) is 28.7 Å². The minimum Gasteiger partial charge on any atom is -0.265 e. The zero-order valence-corrected chi connectivity index (χ0v) is 15.0. The van der Waals surface area contributed by atoms with E-state index in [0.29, 0.717) is 0 Å². The van der Waals surface area contributed by atoms with Crippen LogP contribution in [0.15, 0.2) is 18.6 Å². The lowest BCUT2D eigenvalue weighted by Gasteiger charge is -2.42. The Bertz CT molecular complexity index is 564. The highest BCUT2D eigenvalue weighted by atomic mass is 32.1. The Morgan fingerprint density at radius 3 is 2.32 bits per heavy atom. The summed E-state index contributed by atoms with van der Waals surface area (Å²) in [6.45, 7) is 1.53. The summed E-state index contributed by atoms with van der Waals surface area (Å²) in [5, 5.41) is 4.63. The van der Waals surface area contributed by atoms with Crippen molar-refractivity contribution in [1.29, 1.82) is 0 Å². The van der Waals surface area contributed by atoms with Gasteiger partial charge in [-0.1, -0.05) is 18.6 Å². The molecular weight excluding hydrogens is 358 g/mol. The van der Waals surface area contributed by atoms with Gasteiger partial charge in [0, 0.05) is 25.5 Å². The lowest BCUT2D eigenvalue weighted by atomic mass is 10.2. The van der Waals surface area contributed by atoms with Crippen molar-refractivity contribution in [1.82, 2.24) is 25.1 Å². The number of hydrazine groups is 2. The predicted octanol–water partition coefficient (Wildman–Crippen LogP) is 1.97. The van der Waals surface area contributed by atoms with Crippen LogP contribution in [0.1, 0.15) is 29.8 Å². The predicted molar refractivity (Wildman–Crippen MR) is 98.6 cm³/mol. The number of hydrogen-bond donors (Lipinski definition) is 2. The van der Waals surface area contributed by atoms with Gasteiger partial charge in [0.15, 0.2) is 8.64 Å². The van der Waals surface area contributed by atoms with Crippen molar-refractivity contribution < 1.29 is 4.79 Å². The standard InChI is InChI=1S/C12H15N5OS4/c18-10(9-8-13-4-5-14-9)16(11(19)20)17(12(21)22)15-6-2-1-3-7-15/h4-5,8H,1-3,6-7H2,(H,19,20)(H,21,22). The van der Waals surface area contributed by atoms with Crippen molar-refractivity contribution in [2.24, 2.45) is 0 Å². The Labute approximate surface area is 150 Å². The van der Waals surface area contributed by atoms with Crippen LogP contribution in [0.4, 0.5) is 0 Å². The van der Waals surface area contributed by atoms with Crippen LogP contribution in [-0.4, -0.2) is 52.7 Å². The Kier molecular flexibility index (Phi) is 6.50. The van der Waals surface area contributed by atoms with Crippen LogP contribution in [0.3, 0.4) is 0 Å². The first kappa shape index (κ1) is 17.5. The molecule has 0 bridgehead atoms. The first-order valence-corrected chi connectivity index (χ1v) is 8.34. The molecule has 1 aromatic rings. The zero-order valence-electron chi connectivity index (χ0n) is 11.6. The van der Waals surface area contributed by atoms with Gasteiger partial charge in [-0.25, -0.2) is 4.98 Å². The maximum Gasteiger partial charge on any atom is 0.299 e. The molecule has 1 aliphatic heterocycles. The molecule has 1 amide bonds. The highest BCUT2D eigenvalue weighted by molar-refractivity contribution is 8.11. The molecule has 0 atom stereocenters. The van der Waals surface area contributed by atoms with E-state index in [1.54, 1.807) is 0 Å². The van der Waals surface area contributed by atoms with Crippen molar-refractivity contribution in [3.8, 4) is 0 Å². The molecule has 10 heteroatoms. The molecule has 6 nitrogen and oxygen atoms in total. The van der Waals surface area contributed by atoms with Crippen LogP contribution in [0, 0.1) is 0 Å². The van der Waals surface area contributed by atoms with Crippen LogP contribution in [0.25, 0.3) is 0 Å². The largest absolute Gasteiger partial charge is 0.299 e. The van der Waals surface area contributed by atoms with E-state index in [4.69, 9.17) is 24.4 Å². The van der Waals surface area contributed by atoms with Gasteiger partial charge in [-0.15, -0.1) is 25.3 Å². The summed E-state index contributed by atoms with van der Waals surface area (Å²) in [5.74, 6) is -0.449. The average Bonchev–Trinajstić information content (AvgIpc) is 2.52. The summed E-state index contributed by atoms with van der Waals surface area (Å²) in [7, 11) is 0. The van der Waals surface area contributed by atoms with Gasteiger partial charge in [0.1, 0.15) is 5.69 Å². The quantitative estimate of drug-likeness (QED) is 0.467. The van der Waals surface area contributed by atoms with E-state index in [0.717, 1.165) is 32.4 Å². The first-order valence-electron chi connectivity index (χ1n) is 6.63. The first-order chi connectivity index (χ1) is 10.5. The summed E-state index contributed by atoms with van der Waals surface area (Å²) < 4.78 is 0.285. The van der Waals surface area contributed by atoms with Crippen molar-refractivity contribution >= 4 is 64.2 Å². The lowest BCUT2D eigenvalue weighted by molar-refractivity contribution is -0.0682. The van der Waals surface area contributed by atoms with Crippen molar-refractivity contribution in [3.05, 3.63) is 24.3 Å². The van der Waals surface area contributed by atoms with Crippen molar-refractivity contribution in [3.63, 3.8) is 0 Å². The minimum atomic E-state index is -0.449. The van der Waals surface area contributed by atoms with E-state index in [1.807, 2.05) is 5.01 Å². The number of aromatic nitrogens is 2. The fourth-order valence-electron chi connectivity index (χ4n) is 2.17. The van der Waals surface area contributed by atoms with Crippen molar-refractivity contribution in [2.45, 2.75) is 19.3 Å². The van der Waals surface area contributed by atoms with Gasteiger partial charge in [0.2, 0.25) is 0 Å². The van der Waals surface area contributed by atoms with Gasteiger partial charge in [0.05, 0.1) is 6.20 Å². The van der Waals surface area contributed by atoms with Crippen LogP contribution < -0.4 is 0 Å². The summed E-state index contributed by atoms with van der Waals surface area (Å²) >= 11 is 18.7. The Hall–Kier alpha value is -0.810. The highest BCUT2D eigenvalue weighted by Gasteiger charge is 2.32. The molecule has 1 aromatic heterocycles. The lowest BCUT2D eigenvalue weighted by Crippen LogP contribution is -2.58. The van der Waals surface area contributed by atoms with E-state index in [9.17, 15) is 4.79 Å².